The topological polar surface area (TPSA) is 30.5 Å². The number of hydrogen-bond acceptors (Lipinski definition) is 3. The van der Waals surface area contributed by atoms with Crippen molar-refractivity contribution in [2.24, 2.45) is 0 Å². The van der Waals surface area contributed by atoms with Crippen molar-refractivity contribution in [1.82, 2.24) is 0 Å². The summed E-state index contributed by atoms with van der Waals surface area (Å²) in [5.41, 5.74) is 1.90. The van der Waals surface area contributed by atoms with Crippen molar-refractivity contribution < 1.29 is 13.9 Å². The van der Waals surface area contributed by atoms with Crippen molar-refractivity contribution >= 4 is 5.69 Å². The summed E-state index contributed by atoms with van der Waals surface area (Å²) < 4.78 is 24.1. The first-order valence-corrected chi connectivity index (χ1v) is 7.11. The molecule has 0 aromatic heterocycles. The quantitative estimate of drug-likeness (QED) is 0.827. The first-order valence-electron chi connectivity index (χ1n) is 7.11. The highest BCUT2D eigenvalue weighted by molar-refractivity contribution is 5.56. The fraction of sp³-hybridized carbons (Fsp3) is 0.294. The van der Waals surface area contributed by atoms with E-state index in [-0.39, 0.29) is 5.82 Å². The molecule has 1 N–H and O–H groups in total. The lowest BCUT2D eigenvalue weighted by Gasteiger charge is -2.13. The Morgan fingerprint density at radius 3 is 2.33 bits per heavy atom. The molecule has 0 heterocycles. The highest BCUT2D eigenvalue weighted by Gasteiger charge is 2.05. The van der Waals surface area contributed by atoms with Gasteiger partial charge in [-0.25, -0.2) is 4.39 Å². The van der Waals surface area contributed by atoms with E-state index < -0.39 is 0 Å². The molecule has 0 fully saturated rings. The van der Waals surface area contributed by atoms with Gasteiger partial charge >= 0.3 is 0 Å². The molecule has 3 nitrogen and oxygen atoms in total. The Labute approximate surface area is 124 Å². The average Bonchev–Trinajstić information content (AvgIpc) is 2.49. The Hall–Kier alpha value is -2.23. The zero-order valence-electron chi connectivity index (χ0n) is 12.4. The van der Waals surface area contributed by atoms with Crippen LogP contribution < -0.4 is 14.8 Å². The molecular formula is C17H20FNO2. The third-order valence-electron chi connectivity index (χ3n) is 2.96. The molecule has 0 unspecified atom stereocenters. The number of nitrogens with one attached hydrogen (secondary N) is 1. The van der Waals surface area contributed by atoms with Crippen LogP contribution in [0.15, 0.2) is 42.5 Å². The van der Waals surface area contributed by atoms with E-state index >= 15 is 0 Å². The molecule has 21 heavy (non-hydrogen) atoms. The summed E-state index contributed by atoms with van der Waals surface area (Å²) in [6, 6.07) is 12.4. The van der Waals surface area contributed by atoms with Crippen molar-refractivity contribution in [3.63, 3.8) is 0 Å². The molecule has 0 aliphatic carbocycles. The molecule has 2 aromatic rings. The van der Waals surface area contributed by atoms with Gasteiger partial charge in [0.05, 0.1) is 18.9 Å². The number of halogens is 1. The maximum atomic E-state index is 13.2. The van der Waals surface area contributed by atoms with Gasteiger partial charge in [-0.05, 0) is 43.7 Å². The van der Waals surface area contributed by atoms with E-state index in [1.54, 1.807) is 6.07 Å². The number of rotatable bonds is 7. The Kier molecular flexibility index (Phi) is 5.43. The Bertz CT molecular complexity index is 570. The van der Waals surface area contributed by atoms with E-state index in [0.29, 0.717) is 25.5 Å². The standard InChI is InChI=1S/C17H20FNO2/c1-3-20-15-8-5-13(6-9-15)12-19-16-10-7-14(18)11-17(16)21-4-2/h5-11,19H,3-4,12H2,1-2H3. The van der Waals surface area contributed by atoms with Gasteiger partial charge in [0, 0.05) is 12.6 Å². The predicted molar refractivity (Wildman–Crippen MR) is 82.5 cm³/mol. The van der Waals surface area contributed by atoms with Crippen LogP contribution in [0.4, 0.5) is 10.1 Å². The lowest BCUT2D eigenvalue weighted by molar-refractivity contribution is 0.339. The van der Waals surface area contributed by atoms with E-state index in [9.17, 15) is 4.39 Å². The summed E-state index contributed by atoms with van der Waals surface area (Å²) in [4.78, 5) is 0. The molecule has 0 bridgehead atoms. The van der Waals surface area contributed by atoms with E-state index in [0.717, 1.165) is 17.0 Å². The molecule has 0 amide bonds. The van der Waals surface area contributed by atoms with Gasteiger partial charge < -0.3 is 14.8 Å². The van der Waals surface area contributed by atoms with Crippen LogP contribution in [-0.4, -0.2) is 13.2 Å². The minimum atomic E-state index is -0.301. The van der Waals surface area contributed by atoms with Crippen molar-refractivity contribution in [3.8, 4) is 11.5 Å². The van der Waals surface area contributed by atoms with Gasteiger partial charge in [-0.1, -0.05) is 12.1 Å². The largest absolute Gasteiger partial charge is 0.494 e. The lowest BCUT2D eigenvalue weighted by atomic mass is 10.2. The number of ether oxygens (including phenoxy) is 2. The van der Waals surface area contributed by atoms with Gasteiger partial charge in [0.25, 0.3) is 0 Å². The second-order valence-electron chi connectivity index (χ2n) is 4.50. The summed E-state index contributed by atoms with van der Waals surface area (Å²) in [7, 11) is 0. The predicted octanol–water partition coefficient (Wildman–Crippen LogP) is 4.24. The minimum Gasteiger partial charge on any atom is -0.494 e. The van der Waals surface area contributed by atoms with Crippen molar-refractivity contribution in [3.05, 3.63) is 53.8 Å². The van der Waals surface area contributed by atoms with Crippen molar-refractivity contribution in [1.29, 1.82) is 0 Å². The summed E-state index contributed by atoms with van der Waals surface area (Å²) in [6.45, 7) is 5.63. The Balaban J connectivity index is 2.02. The van der Waals surface area contributed by atoms with Crippen LogP contribution in [-0.2, 0) is 6.54 Å². The molecule has 0 spiro atoms. The third kappa shape index (κ3) is 4.38. The zero-order valence-corrected chi connectivity index (χ0v) is 12.4. The van der Waals surface area contributed by atoms with Crippen molar-refractivity contribution in [2.45, 2.75) is 20.4 Å². The highest BCUT2D eigenvalue weighted by Crippen LogP contribution is 2.26. The van der Waals surface area contributed by atoms with Gasteiger partial charge in [-0.2, -0.15) is 0 Å². The maximum absolute atomic E-state index is 13.2. The summed E-state index contributed by atoms with van der Waals surface area (Å²) >= 11 is 0. The minimum absolute atomic E-state index is 0.301. The van der Waals surface area contributed by atoms with E-state index in [1.807, 2.05) is 38.1 Å². The molecular weight excluding hydrogens is 269 g/mol. The first-order chi connectivity index (χ1) is 10.2. The summed E-state index contributed by atoms with van der Waals surface area (Å²) in [6.07, 6.45) is 0. The van der Waals surface area contributed by atoms with Gasteiger partial charge in [0.2, 0.25) is 0 Å². The van der Waals surface area contributed by atoms with E-state index in [2.05, 4.69) is 5.32 Å². The highest BCUT2D eigenvalue weighted by atomic mass is 19.1. The first kappa shape index (κ1) is 15.2. The summed E-state index contributed by atoms with van der Waals surface area (Å²) in [5, 5.41) is 3.26. The SMILES string of the molecule is CCOc1ccc(CNc2ccc(F)cc2OCC)cc1. The van der Waals surface area contributed by atoms with Crippen LogP contribution >= 0.6 is 0 Å². The van der Waals surface area contributed by atoms with Gasteiger partial charge in [0.15, 0.2) is 0 Å². The van der Waals surface area contributed by atoms with Crippen LogP contribution in [0.3, 0.4) is 0 Å². The number of anilines is 1. The van der Waals surface area contributed by atoms with Gasteiger partial charge in [-0.3, -0.25) is 0 Å². The summed E-state index contributed by atoms with van der Waals surface area (Å²) in [5.74, 6) is 1.09. The molecule has 2 rings (SSSR count). The number of benzene rings is 2. The second-order valence-corrected chi connectivity index (χ2v) is 4.50. The fourth-order valence-corrected chi connectivity index (χ4v) is 1.98. The molecule has 0 saturated carbocycles. The van der Waals surface area contributed by atoms with Crippen LogP contribution in [0.25, 0.3) is 0 Å². The van der Waals surface area contributed by atoms with Crippen LogP contribution in [0.2, 0.25) is 0 Å². The second kappa shape index (κ2) is 7.53. The molecule has 4 heteroatoms. The molecule has 0 atom stereocenters. The van der Waals surface area contributed by atoms with Gasteiger partial charge in [0.1, 0.15) is 17.3 Å². The van der Waals surface area contributed by atoms with E-state index in [1.165, 1.54) is 12.1 Å². The van der Waals surface area contributed by atoms with Crippen LogP contribution in [0.5, 0.6) is 11.5 Å². The van der Waals surface area contributed by atoms with Crippen molar-refractivity contribution in [2.75, 3.05) is 18.5 Å². The Morgan fingerprint density at radius 1 is 0.952 bits per heavy atom. The molecule has 0 aliphatic heterocycles. The Morgan fingerprint density at radius 2 is 1.67 bits per heavy atom. The average molecular weight is 289 g/mol. The van der Waals surface area contributed by atoms with Gasteiger partial charge in [-0.15, -0.1) is 0 Å². The van der Waals surface area contributed by atoms with E-state index in [4.69, 9.17) is 9.47 Å². The monoisotopic (exact) mass is 289 g/mol. The molecule has 0 saturated heterocycles. The molecule has 2 aromatic carbocycles. The third-order valence-corrected chi connectivity index (χ3v) is 2.96. The van der Waals surface area contributed by atoms with Crippen LogP contribution in [0, 0.1) is 5.82 Å². The maximum Gasteiger partial charge on any atom is 0.145 e. The lowest BCUT2D eigenvalue weighted by Crippen LogP contribution is -2.03. The smallest absolute Gasteiger partial charge is 0.145 e. The fourth-order valence-electron chi connectivity index (χ4n) is 1.98. The zero-order chi connectivity index (χ0) is 15.1. The molecule has 0 aliphatic rings. The molecule has 112 valence electrons. The normalized spacial score (nSPS) is 10.2. The molecule has 0 radical (unpaired) electrons. The van der Waals surface area contributed by atoms with Crippen LogP contribution in [0.1, 0.15) is 19.4 Å². The number of hydrogen-bond donors (Lipinski definition) is 1.